The van der Waals surface area contributed by atoms with Crippen molar-refractivity contribution in [2.24, 2.45) is 0 Å². The average molecular weight is 188 g/mol. The summed E-state index contributed by atoms with van der Waals surface area (Å²) in [5, 5.41) is 8.38. The lowest BCUT2D eigenvalue weighted by Gasteiger charge is -2.24. The molecule has 1 N–H and O–H groups in total. The monoisotopic (exact) mass is 188 g/mol. The molecule has 0 bridgehead atoms. The minimum Gasteiger partial charge on any atom is -0.481 e. The number of carboxylic acid groups (broad SMARTS) is 1. The predicted octanol–water partition coefficient (Wildman–Crippen LogP) is 1.24. The van der Waals surface area contributed by atoms with Gasteiger partial charge in [0.2, 0.25) is 0 Å². The molecular weight excluding hydrogens is 172 g/mol. The lowest BCUT2D eigenvalue weighted by molar-refractivity contribution is -0.144. The first-order valence-electron chi connectivity index (χ1n) is 4.26. The van der Waals surface area contributed by atoms with Crippen molar-refractivity contribution in [3.8, 4) is 0 Å². The topological polar surface area (TPSA) is 63.6 Å². The van der Waals surface area contributed by atoms with E-state index in [0.717, 1.165) is 0 Å². The number of ketones is 1. The third-order valence-electron chi connectivity index (χ3n) is 2.28. The molecule has 0 aromatic heterocycles. The van der Waals surface area contributed by atoms with E-state index < -0.39 is 11.6 Å². The van der Waals surface area contributed by atoms with Crippen molar-refractivity contribution < 1.29 is 19.4 Å². The molecule has 0 aromatic rings. The predicted molar refractivity (Wildman–Crippen MR) is 47.6 cm³/mol. The molecule has 0 aliphatic heterocycles. The van der Waals surface area contributed by atoms with Crippen molar-refractivity contribution in [2.45, 2.75) is 38.7 Å². The number of methoxy groups -OCH3 is 1. The molecule has 0 saturated heterocycles. The normalized spacial score (nSPS) is 15.0. The SMILES string of the molecule is CCC(C)(OC)C(=O)CCC(=O)O. The van der Waals surface area contributed by atoms with Gasteiger partial charge in [0, 0.05) is 13.5 Å². The molecule has 0 spiro atoms. The van der Waals surface area contributed by atoms with E-state index in [4.69, 9.17) is 9.84 Å². The number of hydrogen-bond acceptors (Lipinski definition) is 3. The Bertz CT molecular complexity index is 194. The molecular formula is C9H16O4. The lowest BCUT2D eigenvalue weighted by atomic mass is 9.94. The quantitative estimate of drug-likeness (QED) is 0.681. The van der Waals surface area contributed by atoms with Crippen molar-refractivity contribution in [3.63, 3.8) is 0 Å². The van der Waals surface area contributed by atoms with Gasteiger partial charge >= 0.3 is 5.97 Å². The van der Waals surface area contributed by atoms with Crippen LogP contribution in [-0.2, 0) is 14.3 Å². The zero-order chi connectivity index (χ0) is 10.5. The van der Waals surface area contributed by atoms with Crippen molar-refractivity contribution in [1.82, 2.24) is 0 Å². The number of ether oxygens (including phenoxy) is 1. The smallest absolute Gasteiger partial charge is 0.303 e. The molecule has 0 saturated carbocycles. The third kappa shape index (κ3) is 3.55. The van der Waals surface area contributed by atoms with Gasteiger partial charge in [0.15, 0.2) is 5.78 Å². The Morgan fingerprint density at radius 3 is 2.23 bits per heavy atom. The van der Waals surface area contributed by atoms with Crippen LogP contribution >= 0.6 is 0 Å². The molecule has 0 aliphatic carbocycles. The van der Waals surface area contributed by atoms with Crippen LogP contribution in [0.2, 0.25) is 0 Å². The van der Waals surface area contributed by atoms with E-state index >= 15 is 0 Å². The van der Waals surface area contributed by atoms with Crippen LogP contribution in [0.3, 0.4) is 0 Å². The number of Topliss-reactive ketones (excluding diaryl/α,β-unsaturated/α-hetero) is 1. The first-order chi connectivity index (χ1) is 5.96. The number of hydrogen-bond donors (Lipinski definition) is 1. The van der Waals surface area contributed by atoms with E-state index in [0.29, 0.717) is 6.42 Å². The summed E-state index contributed by atoms with van der Waals surface area (Å²) in [6, 6.07) is 0. The van der Waals surface area contributed by atoms with Gasteiger partial charge in [-0.25, -0.2) is 0 Å². The number of carbonyl (C=O) groups excluding carboxylic acids is 1. The van der Waals surface area contributed by atoms with Crippen LogP contribution in [0.1, 0.15) is 33.1 Å². The summed E-state index contributed by atoms with van der Waals surface area (Å²) in [7, 11) is 1.46. The highest BCUT2D eigenvalue weighted by molar-refractivity contribution is 5.89. The van der Waals surface area contributed by atoms with E-state index in [-0.39, 0.29) is 18.6 Å². The van der Waals surface area contributed by atoms with E-state index in [1.807, 2.05) is 6.92 Å². The molecule has 76 valence electrons. The van der Waals surface area contributed by atoms with E-state index in [1.54, 1.807) is 6.92 Å². The Hall–Kier alpha value is -0.900. The highest BCUT2D eigenvalue weighted by atomic mass is 16.5. The second-order valence-electron chi connectivity index (χ2n) is 3.11. The van der Waals surface area contributed by atoms with Crippen LogP contribution < -0.4 is 0 Å². The number of carbonyl (C=O) groups is 2. The summed E-state index contributed by atoms with van der Waals surface area (Å²) < 4.78 is 5.04. The van der Waals surface area contributed by atoms with Gasteiger partial charge < -0.3 is 9.84 Å². The molecule has 1 atom stereocenters. The van der Waals surface area contributed by atoms with Gasteiger partial charge in [-0.05, 0) is 13.3 Å². The van der Waals surface area contributed by atoms with Gasteiger partial charge in [-0.1, -0.05) is 6.92 Å². The Balaban J connectivity index is 4.15. The van der Waals surface area contributed by atoms with Gasteiger partial charge in [0.25, 0.3) is 0 Å². The average Bonchev–Trinajstić information content (AvgIpc) is 2.12. The summed E-state index contributed by atoms with van der Waals surface area (Å²) in [6.45, 7) is 3.51. The first kappa shape index (κ1) is 12.1. The second-order valence-corrected chi connectivity index (χ2v) is 3.11. The molecule has 1 unspecified atom stereocenters. The van der Waals surface area contributed by atoms with Crippen molar-refractivity contribution in [2.75, 3.05) is 7.11 Å². The minimum atomic E-state index is -0.956. The molecule has 4 heteroatoms. The van der Waals surface area contributed by atoms with Crippen LogP contribution in [0, 0.1) is 0 Å². The van der Waals surface area contributed by atoms with Gasteiger partial charge in [-0.2, -0.15) is 0 Å². The van der Waals surface area contributed by atoms with Crippen LogP contribution in [-0.4, -0.2) is 29.6 Å². The number of aliphatic carboxylic acids is 1. The fraction of sp³-hybridized carbons (Fsp3) is 0.778. The molecule has 13 heavy (non-hydrogen) atoms. The van der Waals surface area contributed by atoms with E-state index in [9.17, 15) is 9.59 Å². The fourth-order valence-electron chi connectivity index (χ4n) is 0.940. The number of carboxylic acids is 1. The third-order valence-corrected chi connectivity index (χ3v) is 2.28. The number of rotatable bonds is 6. The Morgan fingerprint density at radius 2 is 1.92 bits per heavy atom. The summed E-state index contributed by atoms with van der Waals surface area (Å²) in [5.74, 6) is -1.11. The molecule has 0 heterocycles. The van der Waals surface area contributed by atoms with Crippen LogP contribution in [0.5, 0.6) is 0 Å². The Morgan fingerprint density at radius 1 is 1.38 bits per heavy atom. The highest BCUT2D eigenvalue weighted by Crippen LogP contribution is 2.17. The maximum atomic E-state index is 11.4. The van der Waals surface area contributed by atoms with Gasteiger partial charge in [0.1, 0.15) is 5.60 Å². The molecule has 0 rings (SSSR count). The van der Waals surface area contributed by atoms with E-state index in [1.165, 1.54) is 7.11 Å². The highest BCUT2D eigenvalue weighted by Gasteiger charge is 2.30. The van der Waals surface area contributed by atoms with Gasteiger partial charge in [0.05, 0.1) is 6.42 Å². The largest absolute Gasteiger partial charge is 0.481 e. The Kier molecular flexibility index (Phi) is 4.62. The molecule has 4 nitrogen and oxygen atoms in total. The van der Waals surface area contributed by atoms with Crippen LogP contribution in [0.15, 0.2) is 0 Å². The second kappa shape index (κ2) is 4.97. The molecule has 0 radical (unpaired) electrons. The molecule has 0 aliphatic rings. The maximum absolute atomic E-state index is 11.4. The van der Waals surface area contributed by atoms with E-state index in [2.05, 4.69) is 0 Å². The first-order valence-corrected chi connectivity index (χ1v) is 4.26. The van der Waals surface area contributed by atoms with Crippen molar-refractivity contribution >= 4 is 11.8 Å². The summed E-state index contributed by atoms with van der Waals surface area (Å²) in [6.07, 6.45) is 0.466. The Labute approximate surface area is 77.9 Å². The summed E-state index contributed by atoms with van der Waals surface area (Å²) in [4.78, 5) is 21.7. The molecule has 0 aromatic carbocycles. The van der Waals surface area contributed by atoms with Gasteiger partial charge in [-0.3, -0.25) is 9.59 Å². The molecule has 0 fully saturated rings. The van der Waals surface area contributed by atoms with Gasteiger partial charge in [-0.15, -0.1) is 0 Å². The fourth-order valence-corrected chi connectivity index (χ4v) is 0.940. The lowest BCUT2D eigenvalue weighted by Crippen LogP contribution is -2.36. The summed E-state index contributed by atoms with van der Waals surface area (Å²) in [5.41, 5.74) is -0.824. The summed E-state index contributed by atoms with van der Waals surface area (Å²) >= 11 is 0. The van der Waals surface area contributed by atoms with Crippen molar-refractivity contribution in [3.05, 3.63) is 0 Å². The zero-order valence-corrected chi connectivity index (χ0v) is 8.29. The van der Waals surface area contributed by atoms with Crippen molar-refractivity contribution in [1.29, 1.82) is 0 Å². The van der Waals surface area contributed by atoms with Crippen LogP contribution in [0.4, 0.5) is 0 Å². The standard InChI is InChI=1S/C9H16O4/c1-4-9(2,13-3)7(10)5-6-8(11)12/h4-6H2,1-3H3,(H,11,12). The van der Waals surface area contributed by atoms with Crippen LogP contribution in [0.25, 0.3) is 0 Å². The zero-order valence-electron chi connectivity index (χ0n) is 8.29. The maximum Gasteiger partial charge on any atom is 0.303 e. The molecule has 0 amide bonds. The minimum absolute atomic E-state index is 0.0352.